The van der Waals surface area contributed by atoms with Crippen molar-refractivity contribution >= 4 is 11.9 Å². The van der Waals surface area contributed by atoms with Crippen LogP contribution in [0.25, 0.3) is 0 Å². The van der Waals surface area contributed by atoms with Crippen molar-refractivity contribution in [2.75, 3.05) is 14.2 Å². The van der Waals surface area contributed by atoms with Crippen molar-refractivity contribution in [3.63, 3.8) is 0 Å². The average molecular weight is 222 g/mol. The molecule has 0 saturated carbocycles. The number of fused-ring (bicyclic) bond motifs is 2. The minimum Gasteiger partial charge on any atom is -0.466 e. The van der Waals surface area contributed by atoms with Gasteiger partial charge in [0.1, 0.15) is 0 Å². The maximum Gasteiger partial charge on any atom is 0.338 e. The molecule has 84 valence electrons. The Balaban J connectivity index is 2.52. The lowest BCUT2D eigenvalue weighted by molar-refractivity contribution is -0.139. The normalized spacial score (nSPS) is 29.8. The highest BCUT2D eigenvalue weighted by Gasteiger charge is 2.52. The first-order valence-corrected chi connectivity index (χ1v) is 4.65. The highest BCUT2D eigenvalue weighted by molar-refractivity contribution is 6.05. The molecule has 2 aliphatic heterocycles. The zero-order chi connectivity index (χ0) is 11.9. The number of hydrogen-bond acceptors (Lipinski definition) is 5. The second-order valence-corrected chi connectivity index (χ2v) is 3.57. The Hall–Kier alpha value is -1.80. The van der Waals surface area contributed by atoms with Gasteiger partial charge in [0, 0.05) is 0 Å². The third-order valence-electron chi connectivity index (χ3n) is 2.60. The zero-order valence-electron chi connectivity index (χ0n) is 9.12. The molecule has 2 atom stereocenters. The van der Waals surface area contributed by atoms with E-state index in [1.54, 1.807) is 6.92 Å². The molecule has 0 spiro atoms. The molecule has 5 nitrogen and oxygen atoms in total. The summed E-state index contributed by atoms with van der Waals surface area (Å²) in [6, 6.07) is 0. The molecule has 0 aromatic carbocycles. The first-order valence-electron chi connectivity index (χ1n) is 4.65. The monoisotopic (exact) mass is 222 g/mol. The molecule has 0 N–H and O–H groups in total. The summed E-state index contributed by atoms with van der Waals surface area (Å²) >= 11 is 0. The lowest BCUT2D eigenvalue weighted by atomic mass is 9.90. The van der Waals surface area contributed by atoms with Gasteiger partial charge in [-0.3, -0.25) is 0 Å². The van der Waals surface area contributed by atoms with Crippen molar-refractivity contribution in [1.29, 1.82) is 0 Å². The Labute approximate surface area is 92.4 Å². The number of methoxy groups -OCH3 is 2. The molecule has 0 saturated heterocycles. The molecule has 16 heavy (non-hydrogen) atoms. The van der Waals surface area contributed by atoms with Crippen molar-refractivity contribution in [3.8, 4) is 11.8 Å². The summed E-state index contributed by atoms with van der Waals surface area (Å²) in [5.74, 6) is 4.28. The van der Waals surface area contributed by atoms with Crippen LogP contribution in [-0.4, -0.2) is 37.9 Å². The smallest absolute Gasteiger partial charge is 0.338 e. The molecule has 0 aromatic rings. The van der Waals surface area contributed by atoms with E-state index in [0.29, 0.717) is 0 Å². The van der Waals surface area contributed by atoms with E-state index in [1.165, 1.54) is 14.2 Å². The Morgan fingerprint density at radius 1 is 1.31 bits per heavy atom. The second kappa shape index (κ2) is 3.35. The van der Waals surface area contributed by atoms with Crippen LogP contribution in [0.2, 0.25) is 0 Å². The van der Waals surface area contributed by atoms with Crippen LogP contribution < -0.4 is 0 Å². The van der Waals surface area contributed by atoms with Gasteiger partial charge in [0.25, 0.3) is 0 Å². The van der Waals surface area contributed by atoms with E-state index >= 15 is 0 Å². The third kappa shape index (κ3) is 1.24. The maximum absolute atomic E-state index is 11.6. The van der Waals surface area contributed by atoms with E-state index in [-0.39, 0.29) is 11.1 Å². The zero-order valence-corrected chi connectivity index (χ0v) is 9.12. The fraction of sp³-hybridized carbons (Fsp3) is 0.455. The van der Waals surface area contributed by atoms with Crippen LogP contribution in [0.3, 0.4) is 0 Å². The number of carbonyl (C=O) groups is 2. The number of esters is 2. The van der Waals surface area contributed by atoms with Crippen LogP contribution in [0.15, 0.2) is 11.1 Å². The summed E-state index contributed by atoms with van der Waals surface area (Å²) in [5, 5.41) is 0. The van der Waals surface area contributed by atoms with Crippen LogP contribution >= 0.6 is 0 Å². The van der Waals surface area contributed by atoms with Gasteiger partial charge in [-0.15, -0.1) is 0 Å². The average Bonchev–Trinajstić information content (AvgIpc) is 2.79. The van der Waals surface area contributed by atoms with Gasteiger partial charge < -0.3 is 14.2 Å². The van der Waals surface area contributed by atoms with E-state index in [9.17, 15) is 9.59 Å². The number of hydrogen-bond donors (Lipinski definition) is 0. The summed E-state index contributed by atoms with van der Waals surface area (Å²) < 4.78 is 14.7. The van der Waals surface area contributed by atoms with Crippen LogP contribution in [-0.2, 0) is 23.8 Å². The Morgan fingerprint density at radius 2 is 1.94 bits per heavy atom. The third-order valence-corrected chi connectivity index (χ3v) is 2.60. The van der Waals surface area contributed by atoms with E-state index in [1.807, 2.05) is 0 Å². The number of rotatable bonds is 2. The summed E-state index contributed by atoms with van der Waals surface area (Å²) in [7, 11) is 2.49. The summed E-state index contributed by atoms with van der Waals surface area (Å²) in [6.07, 6.45) is -0.688. The topological polar surface area (TPSA) is 61.8 Å². The summed E-state index contributed by atoms with van der Waals surface area (Å²) in [5.41, 5.74) is -0.762. The molecule has 0 radical (unpaired) electrons. The van der Waals surface area contributed by atoms with Crippen molar-refractivity contribution in [1.82, 2.24) is 0 Å². The quantitative estimate of drug-likeness (QED) is 0.478. The molecule has 5 heteroatoms. The minimum atomic E-state index is -1.05. The standard InChI is InChI=1S/C11H10O5/c1-11-5-4-6(16-11)7(9(12)14-2)8(11)10(13)15-3/h6H,1-3H3. The predicted molar refractivity (Wildman–Crippen MR) is 52.1 cm³/mol. The van der Waals surface area contributed by atoms with Gasteiger partial charge in [-0.2, -0.15) is 0 Å². The molecule has 0 aromatic heterocycles. The fourth-order valence-electron chi connectivity index (χ4n) is 1.86. The molecule has 0 amide bonds. The van der Waals surface area contributed by atoms with Crippen LogP contribution in [0.5, 0.6) is 0 Å². The van der Waals surface area contributed by atoms with Gasteiger partial charge in [-0.1, -0.05) is 11.8 Å². The van der Waals surface area contributed by atoms with Crippen molar-refractivity contribution in [2.24, 2.45) is 0 Å². The maximum atomic E-state index is 11.6. The number of carbonyl (C=O) groups excluding carboxylic acids is 2. The predicted octanol–water partition coefficient (Wildman–Crippen LogP) is -0.197. The van der Waals surface area contributed by atoms with Crippen LogP contribution in [0.4, 0.5) is 0 Å². The SMILES string of the molecule is COC(=O)C1=C(C(=O)OC)C2(C)C#CC1O2. The Morgan fingerprint density at radius 3 is 2.50 bits per heavy atom. The molecule has 0 aliphatic carbocycles. The molecule has 0 fully saturated rings. The van der Waals surface area contributed by atoms with Crippen molar-refractivity contribution in [3.05, 3.63) is 11.1 Å². The van der Waals surface area contributed by atoms with Crippen LogP contribution in [0.1, 0.15) is 6.92 Å². The van der Waals surface area contributed by atoms with E-state index < -0.39 is 23.6 Å². The Kier molecular flexibility index (Phi) is 2.25. The first kappa shape index (κ1) is 10.7. The molecular formula is C11H10O5. The largest absolute Gasteiger partial charge is 0.466 e. The van der Waals surface area contributed by atoms with Gasteiger partial charge in [0.2, 0.25) is 0 Å². The van der Waals surface area contributed by atoms with Crippen molar-refractivity contribution in [2.45, 2.75) is 18.6 Å². The van der Waals surface area contributed by atoms with E-state index in [4.69, 9.17) is 4.74 Å². The van der Waals surface area contributed by atoms with Gasteiger partial charge >= 0.3 is 11.9 Å². The van der Waals surface area contributed by atoms with Gasteiger partial charge in [0.15, 0.2) is 11.7 Å². The Bertz CT molecular complexity index is 465. The molecular weight excluding hydrogens is 212 g/mol. The first-order chi connectivity index (χ1) is 7.53. The molecule has 2 unspecified atom stereocenters. The van der Waals surface area contributed by atoms with Crippen molar-refractivity contribution < 1.29 is 23.8 Å². The summed E-state index contributed by atoms with van der Waals surface area (Å²) in [6.45, 7) is 1.63. The molecule has 2 bridgehead atoms. The van der Waals surface area contributed by atoms with Crippen LogP contribution in [0, 0.1) is 11.8 Å². The fourth-order valence-corrected chi connectivity index (χ4v) is 1.86. The number of ether oxygens (including phenoxy) is 3. The lowest BCUT2D eigenvalue weighted by Crippen LogP contribution is -2.29. The lowest BCUT2D eigenvalue weighted by Gasteiger charge is -2.17. The minimum absolute atomic E-state index is 0.144. The molecule has 2 heterocycles. The molecule has 2 aliphatic rings. The van der Waals surface area contributed by atoms with Gasteiger partial charge in [-0.05, 0) is 6.92 Å². The van der Waals surface area contributed by atoms with Gasteiger partial charge in [0.05, 0.1) is 25.4 Å². The summed E-state index contributed by atoms with van der Waals surface area (Å²) in [4.78, 5) is 23.1. The highest BCUT2D eigenvalue weighted by Crippen LogP contribution is 2.40. The highest BCUT2D eigenvalue weighted by atomic mass is 16.6. The van der Waals surface area contributed by atoms with E-state index in [2.05, 4.69) is 21.3 Å². The second-order valence-electron chi connectivity index (χ2n) is 3.57. The van der Waals surface area contributed by atoms with E-state index in [0.717, 1.165) is 0 Å². The molecule has 2 rings (SSSR count). The van der Waals surface area contributed by atoms with Gasteiger partial charge in [-0.25, -0.2) is 9.59 Å².